The summed E-state index contributed by atoms with van der Waals surface area (Å²) in [6, 6.07) is 5.30. The largest absolute Gasteiger partial charge is 0.337 e. The monoisotopic (exact) mass is 448 g/mol. The predicted octanol–water partition coefficient (Wildman–Crippen LogP) is 0.428. The number of rotatable bonds is 3. The van der Waals surface area contributed by atoms with Crippen molar-refractivity contribution in [1.29, 1.82) is 0 Å². The standard InChI is InChI=1S/C24H28N6O3/c1-28-14-26-21-18(28)7-10-29(24(21)8-9-25-13-24)11-15-3-2-4-16-17(15)12-30(23(16)33)19-5-6-20(31)27-22(19)32/h2-4,14,19,25H,5-13H2,1H3,(H,27,31,32). The van der Waals surface area contributed by atoms with Gasteiger partial charge in [0.05, 0.1) is 17.6 Å². The number of carbonyl (C=O) groups is 3. The van der Waals surface area contributed by atoms with Crippen LogP contribution in [0.15, 0.2) is 24.5 Å². The summed E-state index contributed by atoms with van der Waals surface area (Å²) in [5.41, 5.74) is 5.15. The van der Waals surface area contributed by atoms with Crippen molar-refractivity contribution in [2.75, 3.05) is 19.6 Å². The average molecular weight is 449 g/mol. The van der Waals surface area contributed by atoms with E-state index in [1.807, 2.05) is 18.5 Å². The minimum absolute atomic E-state index is 0.121. The van der Waals surface area contributed by atoms with Gasteiger partial charge in [0.15, 0.2) is 0 Å². The van der Waals surface area contributed by atoms with Crippen LogP contribution in [0, 0.1) is 0 Å². The van der Waals surface area contributed by atoms with Crippen molar-refractivity contribution < 1.29 is 14.4 Å². The maximum absolute atomic E-state index is 13.2. The number of nitrogens with one attached hydrogen (secondary N) is 2. The van der Waals surface area contributed by atoms with Crippen molar-refractivity contribution in [3.63, 3.8) is 0 Å². The first kappa shape index (κ1) is 20.6. The smallest absolute Gasteiger partial charge is 0.255 e. The second-order valence-corrected chi connectivity index (χ2v) is 9.62. The minimum atomic E-state index is -0.591. The quantitative estimate of drug-likeness (QED) is 0.661. The fourth-order valence-corrected chi connectivity index (χ4v) is 6.13. The molecule has 9 heteroatoms. The molecule has 0 radical (unpaired) electrons. The number of aryl methyl sites for hydroxylation is 1. The number of carbonyl (C=O) groups excluding carboxylic acids is 3. The molecule has 172 valence electrons. The topological polar surface area (TPSA) is 99.6 Å². The number of imidazole rings is 1. The van der Waals surface area contributed by atoms with Gasteiger partial charge in [-0.3, -0.25) is 24.6 Å². The molecule has 9 nitrogen and oxygen atoms in total. The molecule has 1 aromatic carbocycles. The van der Waals surface area contributed by atoms with Gasteiger partial charge < -0.3 is 14.8 Å². The molecule has 3 amide bonds. The van der Waals surface area contributed by atoms with Gasteiger partial charge in [-0.25, -0.2) is 4.98 Å². The molecular weight excluding hydrogens is 420 g/mol. The Balaban J connectivity index is 1.30. The summed E-state index contributed by atoms with van der Waals surface area (Å²) in [5, 5.41) is 5.92. The van der Waals surface area contributed by atoms with Gasteiger partial charge >= 0.3 is 0 Å². The molecule has 0 saturated carbocycles. The lowest BCUT2D eigenvalue weighted by Gasteiger charge is -2.44. The average Bonchev–Trinajstić information content (AvgIpc) is 3.51. The third-order valence-electron chi connectivity index (χ3n) is 7.90. The Morgan fingerprint density at radius 1 is 1.21 bits per heavy atom. The molecule has 0 bridgehead atoms. The van der Waals surface area contributed by atoms with Gasteiger partial charge in [-0.15, -0.1) is 0 Å². The molecular formula is C24H28N6O3. The van der Waals surface area contributed by atoms with Crippen molar-refractivity contribution in [3.05, 3.63) is 52.6 Å². The highest BCUT2D eigenvalue weighted by atomic mass is 16.2. The molecule has 6 rings (SSSR count). The number of hydrogen-bond donors (Lipinski definition) is 2. The van der Waals surface area contributed by atoms with Crippen molar-refractivity contribution in [3.8, 4) is 0 Å². The number of aromatic nitrogens is 2. The zero-order valence-corrected chi connectivity index (χ0v) is 18.8. The molecule has 2 N–H and O–H groups in total. The van der Waals surface area contributed by atoms with E-state index < -0.39 is 6.04 Å². The molecule has 4 aliphatic rings. The number of nitrogens with zero attached hydrogens (tertiary/aromatic N) is 4. The molecule has 2 saturated heterocycles. The van der Waals surface area contributed by atoms with Crippen molar-refractivity contribution in [2.24, 2.45) is 7.05 Å². The summed E-state index contributed by atoms with van der Waals surface area (Å²) >= 11 is 0. The second-order valence-electron chi connectivity index (χ2n) is 9.62. The predicted molar refractivity (Wildman–Crippen MR) is 119 cm³/mol. The van der Waals surface area contributed by atoms with Gasteiger partial charge in [0.2, 0.25) is 11.8 Å². The van der Waals surface area contributed by atoms with Crippen LogP contribution in [0.1, 0.15) is 52.1 Å². The molecule has 2 aromatic rings. The minimum Gasteiger partial charge on any atom is -0.337 e. The van der Waals surface area contributed by atoms with E-state index in [0.717, 1.165) is 50.1 Å². The maximum Gasteiger partial charge on any atom is 0.255 e. The van der Waals surface area contributed by atoms with Crippen LogP contribution in [0.2, 0.25) is 0 Å². The number of piperidine rings is 1. The van der Waals surface area contributed by atoms with Gasteiger partial charge in [0, 0.05) is 57.3 Å². The second kappa shape index (κ2) is 7.50. The zero-order chi connectivity index (χ0) is 22.7. The zero-order valence-electron chi connectivity index (χ0n) is 18.8. The Labute approximate surface area is 192 Å². The third kappa shape index (κ3) is 3.06. The van der Waals surface area contributed by atoms with E-state index in [1.54, 1.807) is 4.90 Å². The van der Waals surface area contributed by atoms with Gasteiger partial charge in [0.1, 0.15) is 6.04 Å². The van der Waals surface area contributed by atoms with Crippen LogP contribution in [-0.2, 0) is 41.7 Å². The lowest BCUT2D eigenvalue weighted by Crippen LogP contribution is -2.52. The Morgan fingerprint density at radius 3 is 2.88 bits per heavy atom. The fourth-order valence-electron chi connectivity index (χ4n) is 6.13. The number of hydrogen-bond acceptors (Lipinski definition) is 6. The van der Waals surface area contributed by atoms with Crippen LogP contribution >= 0.6 is 0 Å². The molecule has 33 heavy (non-hydrogen) atoms. The third-order valence-corrected chi connectivity index (χ3v) is 7.90. The first-order valence-electron chi connectivity index (χ1n) is 11.7. The molecule has 1 spiro atoms. The molecule has 0 aliphatic carbocycles. The van der Waals surface area contributed by atoms with Gasteiger partial charge in [-0.05, 0) is 36.6 Å². The fraction of sp³-hybridized carbons (Fsp3) is 0.500. The molecule has 1 aromatic heterocycles. The van der Waals surface area contributed by atoms with Gasteiger partial charge in [-0.2, -0.15) is 0 Å². The van der Waals surface area contributed by atoms with Gasteiger partial charge in [0.25, 0.3) is 5.91 Å². The molecule has 4 aliphatic heterocycles. The number of fused-ring (bicyclic) bond motifs is 3. The van der Waals surface area contributed by atoms with Crippen molar-refractivity contribution in [1.82, 2.24) is 30.0 Å². The Hall–Kier alpha value is -3.04. The SMILES string of the molecule is Cn1cnc2c1CCN(Cc1cccc3c1CN(C1CCC(=O)NC1=O)C3=O)C21CCNC1. The normalized spacial score (nSPS) is 27.2. The Bertz CT molecular complexity index is 1160. The number of amides is 3. The first-order valence-corrected chi connectivity index (χ1v) is 11.7. The van der Waals surface area contributed by atoms with E-state index in [0.29, 0.717) is 18.5 Å². The van der Waals surface area contributed by atoms with Crippen LogP contribution < -0.4 is 10.6 Å². The van der Waals surface area contributed by atoms with E-state index in [9.17, 15) is 14.4 Å². The molecule has 2 unspecified atom stereocenters. The van der Waals surface area contributed by atoms with Crippen molar-refractivity contribution in [2.45, 2.75) is 50.4 Å². The lowest BCUT2D eigenvalue weighted by atomic mass is 9.85. The first-order chi connectivity index (χ1) is 16.0. The Kier molecular flexibility index (Phi) is 4.67. The number of benzene rings is 1. The van der Waals surface area contributed by atoms with E-state index in [1.165, 1.54) is 11.4 Å². The van der Waals surface area contributed by atoms with Crippen LogP contribution in [0.25, 0.3) is 0 Å². The van der Waals surface area contributed by atoms with E-state index in [4.69, 9.17) is 4.98 Å². The van der Waals surface area contributed by atoms with Gasteiger partial charge in [-0.1, -0.05) is 12.1 Å². The van der Waals surface area contributed by atoms with Crippen LogP contribution in [0.3, 0.4) is 0 Å². The van der Waals surface area contributed by atoms with Crippen LogP contribution in [0.5, 0.6) is 0 Å². The number of imide groups is 1. The van der Waals surface area contributed by atoms with E-state index >= 15 is 0 Å². The summed E-state index contributed by atoms with van der Waals surface area (Å²) in [6.07, 6.45) is 4.52. The summed E-state index contributed by atoms with van der Waals surface area (Å²) in [5.74, 6) is -0.761. The van der Waals surface area contributed by atoms with Crippen LogP contribution in [-0.4, -0.2) is 62.7 Å². The highest BCUT2D eigenvalue weighted by Crippen LogP contribution is 2.41. The molecule has 5 heterocycles. The highest BCUT2D eigenvalue weighted by molar-refractivity contribution is 6.05. The summed E-state index contributed by atoms with van der Waals surface area (Å²) in [7, 11) is 2.07. The maximum atomic E-state index is 13.2. The van der Waals surface area contributed by atoms with E-state index in [-0.39, 0.29) is 29.7 Å². The Morgan fingerprint density at radius 2 is 2.09 bits per heavy atom. The molecule has 2 atom stereocenters. The summed E-state index contributed by atoms with van der Waals surface area (Å²) < 4.78 is 2.14. The van der Waals surface area contributed by atoms with Crippen molar-refractivity contribution >= 4 is 17.7 Å². The van der Waals surface area contributed by atoms with Crippen LogP contribution in [0.4, 0.5) is 0 Å². The summed E-state index contributed by atoms with van der Waals surface area (Å²) in [6.45, 7) is 3.90. The molecule has 2 fully saturated rings. The van der Waals surface area contributed by atoms with E-state index in [2.05, 4.69) is 33.2 Å². The highest BCUT2D eigenvalue weighted by Gasteiger charge is 2.47. The lowest BCUT2D eigenvalue weighted by molar-refractivity contribution is -0.136. The summed E-state index contributed by atoms with van der Waals surface area (Å²) in [4.78, 5) is 46.2.